The van der Waals surface area contributed by atoms with Gasteiger partial charge < -0.3 is 20.9 Å². The highest BCUT2D eigenvalue weighted by Crippen LogP contribution is 2.28. The fourth-order valence-corrected chi connectivity index (χ4v) is 4.68. The fraction of sp³-hybridized carbons (Fsp3) is 0.444. The molecule has 0 radical (unpaired) electrons. The highest BCUT2D eigenvalue weighted by atomic mass is 16.2. The van der Waals surface area contributed by atoms with E-state index in [4.69, 9.17) is 9.97 Å². The van der Waals surface area contributed by atoms with Crippen molar-refractivity contribution >= 4 is 34.4 Å². The summed E-state index contributed by atoms with van der Waals surface area (Å²) in [6, 6.07) is 16.3. The van der Waals surface area contributed by atoms with Gasteiger partial charge >= 0.3 is 6.03 Å². The standard InChI is InChI=1S/C27H36N6O/c1-18(2)21-9-5-7-11-23(21)31-27(34)28-17-19-13-15-20(16-14-19)29-26-30-24-12-8-6-10-22(24)25(32-26)33(3)4/h5-12,18-20H,13-17H2,1-4H3,(H2,28,31,34)(H,29,30,32)/t19-,20+. The van der Waals surface area contributed by atoms with E-state index < -0.39 is 0 Å². The molecule has 0 saturated heterocycles. The van der Waals surface area contributed by atoms with Crippen LogP contribution < -0.4 is 20.9 Å². The molecule has 34 heavy (non-hydrogen) atoms. The molecule has 1 saturated carbocycles. The van der Waals surface area contributed by atoms with Gasteiger partial charge in [0, 0.05) is 37.8 Å². The van der Waals surface area contributed by atoms with Crippen molar-refractivity contribution in [3.8, 4) is 0 Å². The van der Waals surface area contributed by atoms with E-state index in [0.717, 1.165) is 53.7 Å². The second-order valence-corrected chi connectivity index (χ2v) is 9.72. The maximum absolute atomic E-state index is 12.5. The van der Waals surface area contributed by atoms with Gasteiger partial charge in [0.25, 0.3) is 0 Å². The minimum atomic E-state index is -0.130. The summed E-state index contributed by atoms with van der Waals surface area (Å²) in [5.74, 6) is 2.46. The predicted octanol–water partition coefficient (Wildman–Crippen LogP) is 5.61. The van der Waals surface area contributed by atoms with Crippen molar-refractivity contribution in [2.75, 3.05) is 36.2 Å². The number of hydrogen-bond acceptors (Lipinski definition) is 5. The molecular weight excluding hydrogens is 424 g/mol. The van der Waals surface area contributed by atoms with Crippen molar-refractivity contribution < 1.29 is 4.79 Å². The van der Waals surface area contributed by atoms with Crippen LogP contribution in [0.5, 0.6) is 0 Å². The highest BCUT2D eigenvalue weighted by molar-refractivity contribution is 5.91. The molecule has 4 rings (SSSR count). The Balaban J connectivity index is 1.28. The van der Waals surface area contributed by atoms with E-state index >= 15 is 0 Å². The molecule has 1 fully saturated rings. The molecule has 1 aliphatic rings. The van der Waals surface area contributed by atoms with E-state index in [2.05, 4.69) is 41.9 Å². The Morgan fingerprint density at radius 1 is 1.00 bits per heavy atom. The highest BCUT2D eigenvalue weighted by Gasteiger charge is 2.23. The van der Waals surface area contributed by atoms with E-state index in [9.17, 15) is 4.79 Å². The first kappa shape index (κ1) is 23.8. The van der Waals surface area contributed by atoms with Crippen molar-refractivity contribution in [1.82, 2.24) is 15.3 Å². The SMILES string of the molecule is CC(C)c1ccccc1NC(=O)NC[C@H]1CC[C@@H](Nc2nc(N(C)C)c3ccccc3n2)CC1. The molecule has 7 nitrogen and oxygen atoms in total. The number of rotatable bonds is 7. The molecule has 7 heteroatoms. The van der Waals surface area contributed by atoms with Crippen LogP contribution in [0.2, 0.25) is 0 Å². The molecular formula is C27H36N6O. The molecule has 0 bridgehead atoms. The number of nitrogens with zero attached hydrogens (tertiary/aromatic N) is 3. The van der Waals surface area contributed by atoms with Gasteiger partial charge in [-0.25, -0.2) is 9.78 Å². The molecule has 0 atom stereocenters. The van der Waals surface area contributed by atoms with E-state index in [1.807, 2.05) is 55.4 Å². The topological polar surface area (TPSA) is 82.2 Å². The predicted molar refractivity (Wildman–Crippen MR) is 141 cm³/mol. The van der Waals surface area contributed by atoms with Crippen LogP contribution in [0.3, 0.4) is 0 Å². The quantitative estimate of drug-likeness (QED) is 0.427. The summed E-state index contributed by atoms with van der Waals surface area (Å²) in [4.78, 5) is 24.0. The van der Waals surface area contributed by atoms with Crippen molar-refractivity contribution in [1.29, 1.82) is 0 Å². The normalized spacial score (nSPS) is 18.0. The first-order valence-electron chi connectivity index (χ1n) is 12.2. The largest absolute Gasteiger partial charge is 0.362 e. The molecule has 1 heterocycles. The minimum absolute atomic E-state index is 0.130. The number of carbonyl (C=O) groups excluding carboxylic acids is 1. The van der Waals surface area contributed by atoms with Crippen molar-refractivity contribution in [2.24, 2.45) is 5.92 Å². The Kier molecular flexibility index (Phi) is 7.50. The number of urea groups is 1. The van der Waals surface area contributed by atoms with Gasteiger partial charge in [-0.15, -0.1) is 0 Å². The third-order valence-corrected chi connectivity index (χ3v) is 6.57. The average Bonchev–Trinajstić information content (AvgIpc) is 2.83. The Morgan fingerprint density at radius 3 is 2.44 bits per heavy atom. The lowest BCUT2D eigenvalue weighted by Crippen LogP contribution is -2.36. The summed E-state index contributed by atoms with van der Waals surface area (Å²) < 4.78 is 0. The number of amides is 2. The number of para-hydroxylation sites is 2. The van der Waals surface area contributed by atoms with Crippen LogP contribution in [0.4, 0.5) is 22.2 Å². The number of carbonyl (C=O) groups is 1. The summed E-state index contributed by atoms with van der Waals surface area (Å²) >= 11 is 0. The monoisotopic (exact) mass is 460 g/mol. The first-order chi connectivity index (χ1) is 16.4. The molecule has 1 aromatic heterocycles. The first-order valence-corrected chi connectivity index (χ1v) is 12.2. The van der Waals surface area contributed by atoms with E-state index in [1.165, 1.54) is 0 Å². The Labute approximate surface area is 202 Å². The van der Waals surface area contributed by atoms with Crippen LogP contribution in [-0.4, -0.2) is 42.7 Å². The molecule has 3 N–H and O–H groups in total. The van der Waals surface area contributed by atoms with Crippen molar-refractivity contribution in [2.45, 2.75) is 51.5 Å². The maximum atomic E-state index is 12.5. The van der Waals surface area contributed by atoms with Gasteiger partial charge in [0.05, 0.1) is 5.52 Å². The van der Waals surface area contributed by atoms with Gasteiger partial charge in [0.15, 0.2) is 0 Å². The Bertz CT molecular complexity index is 1120. The van der Waals surface area contributed by atoms with Gasteiger partial charge in [0.1, 0.15) is 5.82 Å². The summed E-state index contributed by atoms with van der Waals surface area (Å²) in [6.07, 6.45) is 4.21. The molecule has 1 aliphatic carbocycles. The van der Waals surface area contributed by atoms with Crippen LogP contribution in [0.25, 0.3) is 10.9 Å². The summed E-state index contributed by atoms with van der Waals surface area (Å²) in [5.41, 5.74) is 2.99. The van der Waals surface area contributed by atoms with Gasteiger partial charge in [-0.1, -0.05) is 44.2 Å². The number of aromatic nitrogens is 2. The van der Waals surface area contributed by atoms with Gasteiger partial charge in [-0.05, 0) is 61.3 Å². The molecule has 180 valence electrons. The zero-order valence-electron chi connectivity index (χ0n) is 20.6. The number of nitrogens with one attached hydrogen (secondary N) is 3. The van der Waals surface area contributed by atoms with Crippen LogP contribution in [0.15, 0.2) is 48.5 Å². The molecule has 0 aliphatic heterocycles. The second kappa shape index (κ2) is 10.7. The third-order valence-electron chi connectivity index (χ3n) is 6.57. The summed E-state index contributed by atoms with van der Waals surface area (Å²) in [7, 11) is 4.02. The molecule has 2 aromatic carbocycles. The third kappa shape index (κ3) is 5.76. The number of fused-ring (bicyclic) bond motifs is 1. The van der Waals surface area contributed by atoms with Crippen LogP contribution in [0, 0.1) is 5.92 Å². The number of anilines is 3. The zero-order chi connectivity index (χ0) is 24.1. The molecule has 0 unspecified atom stereocenters. The number of hydrogen-bond donors (Lipinski definition) is 3. The molecule has 0 spiro atoms. The lowest BCUT2D eigenvalue weighted by atomic mass is 9.86. The van der Waals surface area contributed by atoms with Crippen LogP contribution >= 0.6 is 0 Å². The lowest BCUT2D eigenvalue weighted by Gasteiger charge is -2.29. The fourth-order valence-electron chi connectivity index (χ4n) is 4.68. The molecule has 3 aromatic rings. The Hall–Kier alpha value is -3.35. The summed E-state index contributed by atoms with van der Waals surface area (Å²) in [5, 5.41) is 10.7. The summed E-state index contributed by atoms with van der Waals surface area (Å²) in [6.45, 7) is 4.96. The van der Waals surface area contributed by atoms with Crippen LogP contribution in [0.1, 0.15) is 51.0 Å². The van der Waals surface area contributed by atoms with Crippen molar-refractivity contribution in [3.63, 3.8) is 0 Å². The minimum Gasteiger partial charge on any atom is -0.362 e. The van der Waals surface area contributed by atoms with E-state index in [0.29, 0.717) is 30.4 Å². The van der Waals surface area contributed by atoms with Crippen molar-refractivity contribution in [3.05, 3.63) is 54.1 Å². The smallest absolute Gasteiger partial charge is 0.319 e. The van der Waals surface area contributed by atoms with E-state index in [1.54, 1.807) is 0 Å². The maximum Gasteiger partial charge on any atom is 0.319 e. The molecule has 2 amide bonds. The van der Waals surface area contributed by atoms with E-state index in [-0.39, 0.29) is 6.03 Å². The van der Waals surface area contributed by atoms with Gasteiger partial charge in [-0.2, -0.15) is 4.98 Å². The van der Waals surface area contributed by atoms with Gasteiger partial charge in [-0.3, -0.25) is 0 Å². The average molecular weight is 461 g/mol. The van der Waals surface area contributed by atoms with Gasteiger partial charge in [0.2, 0.25) is 5.95 Å². The number of benzene rings is 2. The zero-order valence-corrected chi connectivity index (χ0v) is 20.6. The lowest BCUT2D eigenvalue weighted by molar-refractivity contribution is 0.246. The Morgan fingerprint density at radius 2 is 1.71 bits per heavy atom. The second-order valence-electron chi connectivity index (χ2n) is 9.72. The van der Waals surface area contributed by atoms with Crippen LogP contribution in [-0.2, 0) is 0 Å².